The number of carbonyl (C=O) groups excluding carboxylic acids is 1. The van der Waals surface area contributed by atoms with Crippen LogP contribution in [0.4, 0.5) is 17.1 Å². The number of nitrogens with one attached hydrogen (secondary N) is 1. The number of carbonyl (C=O) groups is 1. The number of ether oxygens (including phenoxy) is 1. The number of methoxy groups -OCH3 is 1. The molecule has 3 aromatic carbocycles. The Bertz CT molecular complexity index is 1480. The molecule has 4 aromatic rings. The number of azo groups is 1. The van der Waals surface area contributed by atoms with Gasteiger partial charge in [0, 0.05) is 11.1 Å². The highest BCUT2D eigenvalue weighted by Crippen LogP contribution is 2.39. The Morgan fingerprint density at radius 3 is 2.35 bits per heavy atom. The quantitative estimate of drug-likeness (QED) is 0.342. The second kappa shape index (κ2) is 9.33. The van der Waals surface area contributed by atoms with E-state index in [1.54, 1.807) is 55.6 Å². The molecule has 0 saturated carbocycles. The van der Waals surface area contributed by atoms with Crippen molar-refractivity contribution in [3.8, 4) is 11.6 Å². The number of hydrogen-bond donors (Lipinski definition) is 3. The van der Waals surface area contributed by atoms with Crippen molar-refractivity contribution in [2.24, 2.45) is 15.4 Å². The summed E-state index contributed by atoms with van der Waals surface area (Å²) in [6.07, 6.45) is 0. The second-order valence-corrected chi connectivity index (χ2v) is 8.85. The van der Waals surface area contributed by atoms with Crippen LogP contribution in [0.1, 0.15) is 0 Å². The largest absolute Gasteiger partial charge is 0.497 e. The van der Waals surface area contributed by atoms with E-state index in [1.807, 2.05) is 0 Å². The molecule has 0 bridgehead atoms. The SMILES string of the molecule is COc1ccc(NC(=O)Cn2c(O)c(N=Nc3ccc(S(N)(=O)=O)cc3)c3ccccc32)cc1. The van der Waals surface area contributed by atoms with Gasteiger partial charge in [-0.15, -0.1) is 5.11 Å². The zero-order valence-corrected chi connectivity index (χ0v) is 18.9. The molecule has 34 heavy (non-hydrogen) atoms. The van der Waals surface area contributed by atoms with Crippen LogP contribution in [0.5, 0.6) is 11.6 Å². The van der Waals surface area contributed by atoms with E-state index in [0.29, 0.717) is 28.0 Å². The maximum absolute atomic E-state index is 12.6. The summed E-state index contributed by atoms with van der Waals surface area (Å²) < 4.78 is 29.3. The summed E-state index contributed by atoms with van der Waals surface area (Å²) in [5.41, 5.74) is 1.73. The lowest BCUT2D eigenvalue weighted by molar-refractivity contribution is -0.116. The lowest BCUT2D eigenvalue weighted by atomic mass is 10.2. The molecule has 4 rings (SSSR count). The average Bonchev–Trinajstić information content (AvgIpc) is 3.08. The second-order valence-electron chi connectivity index (χ2n) is 7.29. The Balaban J connectivity index is 1.60. The number of para-hydroxylation sites is 1. The minimum absolute atomic E-state index is 0.0474. The van der Waals surface area contributed by atoms with Crippen LogP contribution in [-0.2, 0) is 21.4 Å². The highest BCUT2D eigenvalue weighted by molar-refractivity contribution is 7.89. The molecule has 1 aromatic heterocycles. The fourth-order valence-electron chi connectivity index (χ4n) is 3.36. The van der Waals surface area contributed by atoms with Crippen molar-refractivity contribution in [3.05, 3.63) is 72.8 Å². The number of aromatic nitrogens is 1. The summed E-state index contributed by atoms with van der Waals surface area (Å²) in [7, 11) is -2.26. The number of aromatic hydroxyl groups is 1. The van der Waals surface area contributed by atoms with Crippen LogP contribution in [0.25, 0.3) is 10.9 Å². The van der Waals surface area contributed by atoms with Gasteiger partial charge in [-0.25, -0.2) is 13.6 Å². The predicted molar refractivity (Wildman–Crippen MR) is 127 cm³/mol. The normalized spacial score (nSPS) is 11.7. The number of nitrogens with zero attached hydrogens (tertiary/aromatic N) is 3. The number of benzene rings is 3. The standard InChI is InChI=1S/C23H21N5O5S/c1-33-17-10-6-15(7-11-17)25-21(29)14-28-20-5-3-2-4-19(20)22(23(28)30)27-26-16-8-12-18(13-9-16)34(24,31)32/h2-13,30H,14H2,1H3,(H,25,29)(H2,24,31,32). The molecule has 0 atom stereocenters. The molecule has 0 aliphatic carbocycles. The molecule has 4 N–H and O–H groups in total. The third kappa shape index (κ3) is 4.90. The van der Waals surface area contributed by atoms with Crippen molar-refractivity contribution in [1.29, 1.82) is 0 Å². The van der Waals surface area contributed by atoms with E-state index in [4.69, 9.17) is 9.88 Å². The summed E-state index contributed by atoms with van der Waals surface area (Å²) in [5, 5.41) is 27.6. The number of sulfonamides is 1. The topological polar surface area (TPSA) is 148 Å². The highest BCUT2D eigenvalue weighted by atomic mass is 32.2. The van der Waals surface area contributed by atoms with Gasteiger partial charge in [0.25, 0.3) is 0 Å². The van der Waals surface area contributed by atoms with Crippen LogP contribution in [-0.4, -0.2) is 31.1 Å². The minimum atomic E-state index is -3.82. The number of amides is 1. The van der Waals surface area contributed by atoms with E-state index >= 15 is 0 Å². The van der Waals surface area contributed by atoms with Gasteiger partial charge in [0.1, 0.15) is 12.3 Å². The van der Waals surface area contributed by atoms with Crippen molar-refractivity contribution in [2.45, 2.75) is 11.4 Å². The fourth-order valence-corrected chi connectivity index (χ4v) is 3.87. The number of anilines is 1. The predicted octanol–water partition coefficient (Wildman–Crippen LogP) is 4.06. The van der Waals surface area contributed by atoms with Gasteiger partial charge in [0.2, 0.25) is 21.8 Å². The first-order valence-electron chi connectivity index (χ1n) is 10.0. The van der Waals surface area contributed by atoms with E-state index in [2.05, 4.69) is 15.5 Å². The molecule has 11 heteroatoms. The van der Waals surface area contributed by atoms with Crippen LogP contribution in [0.15, 0.2) is 87.9 Å². The lowest BCUT2D eigenvalue weighted by Crippen LogP contribution is -2.18. The molecule has 0 radical (unpaired) electrons. The van der Waals surface area contributed by atoms with E-state index in [9.17, 15) is 18.3 Å². The van der Waals surface area contributed by atoms with E-state index in [0.717, 1.165) is 0 Å². The summed E-state index contributed by atoms with van der Waals surface area (Å²) in [6, 6.07) is 19.5. The number of rotatable bonds is 7. The summed E-state index contributed by atoms with van der Waals surface area (Å²) in [5.74, 6) is 0.0978. The van der Waals surface area contributed by atoms with Gasteiger partial charge < -0.3 is 19.7 Å². The van der Waals surface area contributed by atoms with Gasteiger partial charge in [-0.2, -0.15) is 5.11 Å². The maximum Gasteiger partial charge on any atom is 0.244 e. The number of primary sulfonamides is 1. The number of hydrogen-bond acceptors (Lipinski definition) is 7. The molecule has 0 unspecified atom stereocenters. The molecule has 174 valence electrons. The van der Waals surface area contributed by atoms with E-state index < -0.39 is 10.0 Å². The zero-order valence-electron chi connectivity index (χ0n) is 18.0. The molecule has 1 heterocycles. The molecule has 0 aliphatic heterocycles. The Labute approximate surface area is 195 Å². The molecule has 0 fully saturated rings. The van der Waals surface area contributed by atoms with Crippen molar-refractivity contribution in [1.82, 2.24) is 4.57 Å². The molecule has 0 saturated heterocycles. The van der Waals surface area contributed by atoms with Crippen molar-refractivity contribution in [3.63, 3.8) is 0 Å². The van der Waals surface area contributed by atoms with Crippen molar-refractivity contribution >= 4 is 43.9 Å². The first-order chi connectivity index (χ1) is 16.3. The van der Waals surface area contributed by atoms with Crippen LogP contribution in [0.2, 0.25) is 0 Å². The van der Waals surface area contributed by atoms with Crippen LogP contribution >= 0.6 is 0 Å². The first kappa shape index (κ1) is 23.0. The summed E-state index contributed by atoms with van der Waals surface area (Å²) >= 11 is 0. The molecule has 10 nitrogen and oxygen atoms in total. The van der Waals surface area contributed by atoms with Crippen LogP contribution < -0.4 is 15.2 Å². The monoisotopic (exact) mass is 479 g/mol. The Morgan fingerprint density at radius 2 is 1.71 bits per heavy atom. The minimum Gasteiger partial charge on any atom is -0.497 e. The first-order valence-corrected chi connectivity index (χ1v) is 11.6. The number of fused-ring (bicyclic) bond motifs is 1. The molecular formula is C23H21N5O5S. The Morgan fingerprint density at radius 1 is 1.03 bits per heavy atom. The van der Waals surface area contributed by atoms with Gasteiger partial charge in [-0.3, -0.25) is 4.79 Å². The fraction of sp³-hybridized carbons (Fsp3) is 0.0870. The molecular weight excluding hydrogens is 458 g/mol. The summed E-state index contributed by atoms with van der Waals surface area (Å²) in [4.78, 5) is 12.6. The van der Waals surface area contributed by atoms with E-state index in [-0.39, 0.29) is 28.9 Å². The van der Waals surface area contributed by atoms with Gasteiger partial charge >= 0.3 is 0 Å². The smallest absolute Gasteiger partial charge is 0.244 e. The van der Waals surface area contributed by atoms with Crippen LogP contribution in [0.3, 0.4) is 0 Å². The Kier molecular flexibility index (Phi) is 6.30. The van der Waals surface area contributed by atoms with Gasteiger partial charge in [0.05, 0.1) is 23.2 Å². The van der Waals surface area contributed by atoms with Gasteiger partial charge in [-0.1, -0.05) is 18.2 Å². The van der Waals surface area contributed by atoms with Crippen molar-refractivity contribution < 1.29 is 23.1 Å². The third-order valence-electron chi connectivity index (χ3n) is 5.02. The van der Waals surface area contributed by atoms with Crippen LogP contribution in [0, 0.1) is 0 Å². The molecule has 0 spiro atoms. The number of nitrogens with two attached hydrogens (primary N) is 1. The average molecular weight is 480 g/mol. The zero-order chi connectivity index (χ0) is 24.3. The van der Waals surface area contributed by atoms with Gasteiger partial charge in [-0.05, 0) is 54.6 Å². The van der Waals surface area contributed by atoms with Crippen molar-refractivity contribution in [2.75, 3.05) is 12.4 Å². The molecule has 1 amide bonds. The Hall–Kier alpha value is -4.22. The highest BCUT2D eigenvalue weighted by Gasteiger charge is 2.18. The molecule has 0 aliphatic rings. The third-order valence-corrected chi connectivity index (χ3v) is 5.95. The summed E-state index contributed by atoms with van der Waals surface area (Å²) in [6.45, 7) is -0.156. The van der Waals surface area contributed by atoms with E-state index in [1.165, 1.54) is 28.8 Å². The lowest BCUT2D eigenvalue weighted by Gasteiger charge is -2.09. The maximum atomic E-state index is 12.6. The van der Waals surface area contributed by atoms with Gasteiger partial charge in [0.15, 0.2) is 5.69 Å².